The molecule has 0 fully saturated rings. The molecule has 0 radical (unpaired) electrons. The first-order valence-electron chi connectivity index (χ1n) is 2.31. The van der Waals surface area contributed by atoms with Crippen LogP contribution in [0.15, 0.2) is 0 Å². The Labute approximate surface area is 172 Å². The largest absolute Gasteiger partial charge is 5.00 e. The number of hydrogen-bond donors (Lipinski definition) is 0. The maximum absolute atomic E-state index is 8.57. The molecule has 0 saturated heterocycles. The molecule has 130 valence electrons. The minimum Gasteiger partial charge on any atom is -0.427 e. The second-order valence-electron chi connectivity index (χ2n) is 0.945. The van der Waals surface area contributed by atoms with Crippen LogP contribution in [0, 0.1) is 0 Å². The molecule has 0 amide bonds. The van der Waals surface area contributed by atoms with E-state index in [4.69, 9.17) is 51.5 Å². The molecule has 0 aliphatic heterocycles. The van der Waals surface area contributed by atoms with Gasteiger partial charge in [-0.05, 0) is 0 Å². The molecule has 0 bridgehead atoms. The summed E-state index contributed by atoms with van der Waals surface area (Å²) in [6.07, 6.45) is 0. The van der Waals surface area contributed by atoms with Gasteiger partial charge in [-0.2, -0.15) is 0 Å². The van der Waals surface area contributed by atoms with Gasteiger partial charge in [-0.25, -0.2) is 0 Å². The summed E-state index contributed by atoms with van der Waals surface area (Å²) >= 11 is -20.1. The van der Waals surface area contributed by atoms with Crippen molar-refractivity contribution in [2.75, 3.05) is 0 Å². The van der Waals surface area contributed by atoms with Crippen LogP contribution in [0.1, 0.15) is 0 Å². The van der Waals surface area contributed by atoms with Gasteiger partial charge in [0.1, 0.15) is 0 Å². The van der Waals surface area contributed by atoms with Gasteiger partial charge < -0.3 is 51.5 Å². The number of rotatable bonds is 0. The summed E-state index contributed by atoms with van der Waals surface area (Å²) in [5.74, 6) is 0. The zero-order valence-electron chi connectivity index (χ0n) is 8.46. The van der Waals surface area contributed by atoms with Crippen LogP contribution in [0.5, 0.6) is 0 Å². The Bertz CT molecular complexity index is 80.6. The average molecular weight is 925 g/mol. The summed E-state index contributed by atoms with van der Waals surface area (Å²) in [7, 11) is 0. The van der Waals surface area contributed by atoms with Gasteiger partial charge >= 0.3 is 18.6 Å². The third-order valence-electron chi connectivity index (χ3n) is 0. The van der Waals surface area contributed by atoms with Gasteiger partial charge in [-0.3, -0.25) is 0 Å². The molecule has 0 aliphatic carbocycles. The second kappa shape index (κ2) is 34.9. The summed E-state index contributed by atoms with van der Waals surface area (Å²) in [4.78, 5) is 0. The molecule has 21 heavy (non-hydrogen) atoms. The predicted molar refractivity (Wildman–Crippen MR) is 0 cm³/mol. The van der Waals surface area contributed by atoms with Crippen molar-refractivity contribution in [1.82, 2.24) is 0 Å². The minimum atomic E-state index is -4.01. The Kier molecular flexibility index (Phi) is 65.8. The van der Waals surface area contributed by atoms with Gasteiger partial charge in [0, 0.05) is 0 Å². The smallest absolute Gasteiger partial charge is 0.427 e. The molecule has 0 aromatic carbocycles. The van der Waals surface area contributed by atoms with Gasteiger partial charge in [-0.1, -0.05) is 0 Å². The van der Waals surface area contributed by atoms with Gasteiger partial charge in [0.2, 0.25) is 0 Å². The Hall–Kier alpha value is 3.63. The number of halogens is 5. The molecule has 0 aliphatic rings. The van der Waals surface area contributed by atoms with Crippen LogP contribution in [-0.2, 0) is 18.6 Å². The van der Waals surface area contributed by atoms with Crippen LogP contribution in [-0.4, -0.2) is 0 Å². The SMILES string of the molecule is [O-][I+2]([O-])[O-].[O-][I+2]([O-])[O-].[O-][I+2]([O-])[O-].[O-][I+2]([O-])[O-].[O-][I+2]([O-])[O-].[V+5]. The Morgan fingerprint density at radius 1 is 0.238 bits per heavy atom. The molecule has 0 heterocycles. The predicted octanol–water partition coefficient (Wildman–Crippen LogP) is -32.8. The van der Waals surface area contributed by atoms with Crippen molar-refractivity contribution in [2.45, 2.75) is 0 Å². The molecule has 0 atom stereocenters. The Morgan fingerprint density at radius 2 is 0.238 bits per heavy atom. The first-order chi connectivity index (χ1) is 8.66. The molecular formula is I5O15V. The normalized spacial score (nSPS) is 8.57. The molecule has 0 aromatic rings. The van der Waals surface area contributed by atoms with Crippen LogP contribution in [0.3, 0.4) is 0 Å². The fraction of sp³-hybridized carbons (Fsp3) is 0. The summed E-state index contributed by atoms with van der Waals surface area (Å²) in [6, 6.07) is 0. The molecule has 0 N–H and O–H groups in total. The van der Waals surface area contributed by atoms with E-state index in [1.165, 1.54) is 0 Å². The first-order valence-corrected chi connectivity index (χ1v) is 15.5. The van der Waals surface area contributed by atoms with Crippen molar-refractivity contribution >= 4 is 0 Å². The van der Waals surface area contributed by atoms with Gasteiger partial charge in [0.05, 0.1) is 0 Å². The maximum Gasteiger partial charge on any atom is 5.00 e. The quantitative estimate of drug-likeness (QED) is 0.204. The van der Waals surface area contributed by atoms with E-state index in [9.17, 15) is 0 Å². The third-order valence-corrected chi connectivity index (χ3v) is 0. The zero-order chi connectivity index (χ0) is 17.9. The number of hydrogen-bond acceptors (Lipinski definition) is 15. The summed E-state index contributed by atoms with van der Waals surface area (Å²) in [5.41, 5.74) is 0. The zero-order valence-corrected chi connectivity index (χ0v) is 20.6. The first kappa shape index (κ1) is 39.6. The van der Waals surface area contributed by atoms with Crippen molar-refractivity contribution in [1.29, 1.82) is 0 Å². The fourth-order valence-corrected chi connectivity index (χ4v) is 0. The van der Waals surface area contributed by atoms with Crippen molar-refractivity contribution in [3.63, 3.8) is 0 Å². The van der Waals surface area contributed by atoms with Gasteiger partial charge in [0.25, 0.3) is 105 Å². The molecular weight excluding hydrogens is 925 g/mol. The van der Waals surface area contributed by atoms with E-state index in [2.05, 4.69) is 0 Å². The van der Waals surface area contributed by atoms with E-state index in [0.29, 0.717) is 0 Å². The average Bonchev–Trinajstić information content (AvgIpc) is 1.94. The van der Waals surface area contributed by atoms with Crippen LogP contribution in [0.2, 0.25) is 0 Å². The van der Waals surface area contributed by atoms with Crippen molar-refractivity contribution in [2.24, 2.45) is 0 Å². The Balaban J connectivity index is -0.0000000331. The van der Waals surface area contributed by atoms with Crippen molar-refractivity contribution in [3.8, 4) is 0 Å². The fourth-order valence-electron chi connectivity index (χ4n) is 0. The van der Waals surface area contributed by atoms with Gasteiger partial charge in [0.15, 0.2) is 0 Å². The molecule has 0 rings (SSSR count). The van der Waals surface area contributed by atoms with E-state index < -0.39 is 105 Å². The van der Waals surface area contributed by atoms with Crippen molar-refractivity contribution < 1.29 is 175 Å². The third kappa shape index (κ3) is 837. The summed E-state index contributed by atoms with van der Waals surface area (Å²) < 4.78 is 129. The van der Waals surface area contributed by atoms with Crippen LogP contribution < -0.4 is 157 Å². The van der Waals surface area contributed by atoms with E-state index in [1.54, 1.807) is 0 Å². The van der Waals surface area contributed by atoms with Crippen molar-refractivity contribution in [3.05, 3.63) is 0 Å². The van der Waals surface area contributed by atoms with Gasteiger partial charge in [-0.15, -0.1) is 0 Å². The second-order valence-corrected chi connectivity index (χ2v) is 6.34. The molecule has 0 spiro atoms. The summed E-state index contributed by atoms with van der Waals surface area (Å²) in [5, 5.41) is 0. The minimum absolute atomic E-state index is 0. The van der Waals surface area contributed by atoms with E-state index >= 15 is 0 Å². The maximum atomic E-state index is 8.57. The molecule has 15 nitrogen and oxygen atoms in total. The molecule has 21 heteroatoms. The summed E-state index contributed by atoms with van der Waals surface area (Å²) in [6.45, 7) is 0. The standard InChI is InChI=1S/5IO3.V/c5*2-1(3)4;/q5*-1;+5. The van der Waals surface area contributed by atoms with Crippen LogP contribution >= 0.6 is 0 Å². The molecule has 0 saturated carbocycles. The molecule has 0 unspecified atom stereocenters. The Morgan fingerprint density at radius 3 is 0.238 bits per heavy atom. The van der Waals surface area contributed by atoms with E-state index in [-0.39, 0.29) is 18.6 Å². The molecule has 0 aromatic heterocycles. The topological polar surface area (TPSA) is 346 Å². The monoisotopic (exact) mass is 925 g/mol. The van der Waals surface area contributed by atoms with Crippen LogP contribution in [0.25, 0.3) is 0 Å². The van der Waals surface area contributed by atoms with E-state index in [0.717, 1.165) is 0 Å². The van der Waals surface area contributed by atoms with Crippen LogP contribution in [0.4, 0.5) is 0 Å². The van der Waals surface area contributed by atoms with E-state index in [1.807, 2.05) is 0 Å².